The fraction of sp³-hybridized carbons (Fsp3) is 0.917. The summed E-state index contributed by atoms with van der Waals surface area (Å²) in [7, 11) is -1.36. The SMILES string of the molecule is CCC(CCN)CCC(=O)N(C)CCS(C)(=O)=O. The van der Waals surface area contributed by atoms with Crippen LogP contribution in [0.5, 0.6) is 0 Å². The highest BCUT2D eigenvalue weighted by Crippen LogP contribution is 2.15. The molecule has 0 heterocycles. The summed E-state index contributed by atoms with van der Waals surface area (Å²) in [5.41, 5.74) is 5.50. The molecule has 1 unspecified atom stereocenters. The Bertz CT molecular complexity index is 341. The first-order valence-electron chi connectivity index (χ1n) is 6.42. The number of sulfone groups is 1. The maximum atomic E-state index is 11.8. The third-order valence-corrected chi connectivity index (χ3v) is 4.07. The molecule has 0 saturated carbocycles. The van der Waals surface area contributed by atoms with Crippen molar-refractivity contribution in [2.24, 2.45) is 11.7 Å². The van der Waals surface area contributed by atoms with E-state index in [1.54, 1.807) is 7.05 Å². The summed E-state index contributed by atoms with van der Waals surface area (Å²) in [6, 6.07) is 0. The van der Waals surface area contributed by atoms with E-state index in [-0.39, 0.29) is 18.2 Å². The molecule has 2 N–H and O–H groups in total. The van der Waals surface area contributed by atoms with Gasteiger partial charge in [-0.15, -0.1) is 0 Å². The third-order valence-electron chi connectivity index (χ3n) is 3.14. The molecule has 0 aromatic heterocycles. The van der Waals surface area contributed by atoms with Gasteiger partial charge in [0.25, 0.3) is 0 Å². The molecule has 0 rings (SSSR count). The van der Waals surface area contributed by atoms with E-state index in [1.165, 1.54) is 11.2 Å². The number of carbonyl (C=O) groups is 1. The second kappa shape index (κ2) is 8.48. The maximum absolute atomic E-state index is 11.8. The molecular weight excluding hydrogens is 252 g/mol. The van der Waals surface area contributed by atoms with Crippen LogP contribution in [0, 0.1) is 5.92 Å². The van der Waals surface area contributed by atoms with Crippen LogP contribution >= 0.6 is 0 Å². The van der Waals surface area contributed by atoms with Gasteiger partial charge in [0, 0.05) is 26.3 Å². The summed E-state index contributed by atoms with van der Waals surface area (Å²) >= 11 is 0. The van der Waals surface area contributed by atoms with Crippen LogP contribution in [-0.4, -0.2) is 51.4 Å². The number of hydrogen-bond acceptors (Lipinski definition) is 4. The Labute approximate surface area is 111 Å². The van der Waals surface area contributed by atoms with Gasteiger partial charge in [0.1, 0.15) is 9.84 Å². The van der Waals surface area contributed by atoms with Crippen molar-refractivity contribution in [3.63, 3.8) is 0 Å². The molecule has 18 heavy (non-hydrogen) atoms. The number of amides is 1. The summed E-state index contributed by atoms with van der Waals surface area (Å²) in [6.07, 6.45) is 4.45. The van der Waals surface area contributed by atoms with E-state index < -0.39 is 9.84 Å². The van der Waals surface area contributed by atoms with Gasteiger partial charge in [-0.2, -0.15) is 0 Å². The van der Waals surface area contributed by atoms with E-state index in [9.17, 15) is 13.2 Å². The Morgan fingerprint density at radius 1 is 1.33 bits per heavy atom. The zero-order valence-corrected chi connectivity index (χ0v) is 12.5. The standard InChI is InChI=1S/C12H26N2O3S/c1-4-11(7-8-13)5-6-12(15)14(2)9-10-18(3,16)17/h11H,4-10,13H2,1-3H3. The van der Waals surface area contributed by atoms with Crippen molar-refractivity contribution in [2.75, 3.05) is 32.1 Å². The summed E-state index contributed by atoms with van der Waals surface area (Å²) in [4.78, 5) is 13.3. The molecule has 0 fully saturated rings. The van der Waals surface area contributed by atoms with Crippen LogP contribution < -0.4 is 5.73 Å². The quantitative estimate of drug-likeness (QED) is 0.671. The lowest BCUT2D eigenvalue weighted by Crippen LogP contribution is -2.31. The molecule has 0 radical (unpaired) electrons. The topological polar surface area (TPSA) is 80.5 Å². The average Bonchev–Trinajstić information content (AvgIpc) is 2.29. The van der Waals surface area contributed by atoms with Gasteiger partial charge in [0.05, 0.1) is 5.75 Å². The maximum Gasteiger partial charge on any atom is 0.222 e. The fourth-order valence-corrected chi connectivity index (χ4v) is 2.34. The van der Waals surface area contributed by atoms with Crippen LogP contribution in [0.2, 0.25) is 0 Å². The van der Waals surface area contributed by atoms with Crippen molar-refractivity contribution >= 4 is 15.7 Å². The zero-order chi connectivity index (χ0) is 14.2. The molecular formula is C12H26N2O3S. The largest absolute Gasteiger partial charge is 0.345 e. The first-order valence-corrected chi connectivity index (χ1v) is 8.48. The van der Waals surface area contributed by atoms with Crippen molar-refractivity contribution < 1.29 is 13.2 Å². The zero-order valence-electron chi connectivity index (χ0n) is 11.7. The van der Waals surface area contributed by atoms with Crippen LogP contribution in [0.15, 0.2) is 0 Å². The van der Waals surface area contributed by atoms with Gasteiger partial charge in [-0.1, -0.05) is 13.3 Å². The molecule has 5 nitrogen and oxygen atoms in total. The van der Waals surface area contributed by atoms with Gasteiger partial charge in [0.15, 0.2) is 0 Å². The Balaban J connectivity index is 4.00. The highest BCUT2D eigenvalue weighted by Gasteiger charge is 2.14. The van der Waals surface area contributed by atoms with E-state index in [0.717, 1.165) is 19.3 Å². The Morgan fingerprint density at radius 2 is 1.94 bits per heavy atom. The van der Waals surface area contributed by atoms with Crippen LogP contribution in [0.4, 0.5) is 0 Å². The van der Waals surface area contributed by atoms with E-state index in [0.29, 0.717) is 18.9 Å². The molecule has 108 valence electrons. The minimum atomic E-state index is -3.01. The predicted octanol–water partition coefficient (Wildman–Crippen LogP) is 0.645. The summed E-state index contributed by atoms with van der Waals surface area (Å²) in [5, 5.41) is 0. The molecule has 0 aromatic rings. The molecule has 0 saturated heterocycles. The monoisotopic (exact) mass is 278 g/mol. The van der Waals surface area contributed by atoms with Gasteiger partial charge in [-0.3, -0.25) is 4.79 Å². The number of hydrogen-bond donors (Lipinski definition) is 1. The van der Waals surface area contributed by atoms with Gasteiger partial charge < -0.3 is 10.6 Å². The van der Waals surface area contributed by atoms with Gasteiger partial charge in [-0.25, -0.2) is 8.42 Å². The summed E-state index contributed by atoms with van der Waals surface area (Å²) < 4.78 is 22.0. The predicted molar refractivity (Wildman–Crippen MR) is 74.0 cm³/mol. The van der Waals surface area contributed by atoms with Gasteiger partial charge in [0.2, 0.25) is 5.91 Å². The summed E-state index contributed by atoms with van der Waals surface area (Å²) in [6.45, 7) is 3.01. The van der Waals surface area contributed by atoms with Gasteiger partial charge in [-0.05, 0) is 25.3 Å². The van der Waals surface area contributed by atoms with Crippen molar-refractivity contribution in [3.05, 3.63) is 0 Å². The van der Waals surface area contributed by atoms with E-state index >= 15 is 0 Å². The Kier molecular flexibility index (Phi) is 8.18. The fourth-order valence-electron chi connectivity index (χ4n) is 1.73. The lowest BCUT2D eigenvalue weighted by Gasteiger charge is -2.18. The van der Waals surface area contributed by atoms with Crippen molar-refractivity contribution in [2.45, 2.75) is 32.6 Å². The smallest absolute Gasteiger partial charge is 0.222 e. The average molecular weight is 278 g/mol. The van der Waals surface area contributed by atoms with Gasteiger partial charge >= 0.3 is 0 Å². The molecule has 0 bridgehead atoms. The molecule has 0 aliphatic heterocycles. The molecule has 0 aromatic carbocycles. The first-order chi connectivity index (χ1) is 8.30. The molecule has 1 atom stereocenters. The molecule has 0 aliphatic rings. The van der Waals surface area contributed by atoms with Crippen molar-refractivity contribution in [1.29, 1.82) is 0 Å². The minimum Gasteiger partial charge on any atom is -0.345 e. The number of nitrogens with two attached hydrogens (primary N) is 1. The van der Waals surface area contributed by atoms with Crippen LogP contribution in [-0.2, 0) is 14.6 Å². The van der Waals surface area contributed by atoms with Crippen molar-refractivity contribution in [3.8, 4) is 0 Å². The molecule has 0 spiro atoms. The highest BCUT2D eigenvalue weighted by atomic mass is 32.2. The second-order valence-electron chi connectivity index (χ2n) is 4.84. The minimum absolute atomic E-state index is 0.00845. The van der Waals surface area contributed by atoms with Crippen molar-refractivity contribution in [1.82, 2.24) is 4.90 Å². The van der Waals surface area contributed by atoms with E-state index in [2.05, 4.69) is 6.92 Å². The van der Waals surface area contributed by atoms with E-state index in [1.807, 2.05) is 0 Å². The Hall–Kier alpha value is -0.620. The summed E-state index contributed by atoms with van der Waals surface area (Å²) in [5.74, 6) is 0.520. The third kappa shape index (κ3) is 8.47. The lowest BCUT2D eigenvalue weighted by molar-refractivity contribution is -0.129. The highest BCUT2D eigenvalue weighted by molar-refractivity contribution is 7.90. The molecule has 0 aliphatic carbocycles. The lowest BCUT2D eigenvalue weighted by atomic mass is 9.96. The molecule has 6 heteroatoms. The number of nitrogens with zero attached hydrogens (tertiary/aromatic N) is 1. The second-order valence-corrected chi connectivity index (χ2v) is 7.10. The van der Waals surface area contributed by atoms with Crippen LogP contribution in [0.1, 0.15) is 32.6 Å². The number of rotatable bonds is 9. The Morgan fingerprint density at radius 3 is 2.39 bits per heavy atom. The first kappa shape index (κ1) is 17.4. The number of carbonyl (C=O) groups excluding carboxylic acids is 1. The van der Waals surface area contributed by atoms with E-state index in [4.69, 9.17) is 5.73 Å². The molecule has 1 amide bonds. The van der Waals surface area contributed by atoms with Crippen LogP contribution in [0.25, 0.3) is 0 Å². The normalized spacial score (nSPS) is 13.3. The van der Waals surface area contributed by atoms with Crippen LogP contribution in [0.3, 0.4) is 0 Å².